The predicted octanol–water partition coefficient (Wildman–Crippen LogP) is 2.54. The normalized spacial score (nSPS) is 26.0. The Hall–Kier alpha value is -2.57. The number of hydrogen-bond donors (Lipinski definition) is 2. The number of hydrogen-bond acceptors (Lipinski definition) is 5. The Bertz CT molecular complexity index is 804. The number of aryl methyl sites for hydroxylation is 1. The monoisotopic (exact) mass is 397 g/mol. The summed E-state index contributed by atoms with van der Waals surface area (Å²) < 4.78 is 0. The molecule has 7 nitrogen and oxygen atoms in total. The van der Waals surface area contributed by atoms with Gasteiger partial charge in [0.1, 0.15) is 12.4 Å². The maximum absolute atomic E-state index is 13.3. The van der Waals surface area contributed by atoms with E-state index in [4.69, 9.17) is 0 Å². The van der Waals surface area contributed by atoms with E-state index in [2.05, 4.69) is 41.5 Å². The summed E-state index contributed by atoms with van der Waals surface area (Å²) in [5.74, 6) is 1.01. The Balaban J connectivity index is 1.50. The molecule has 0 aromatic heterocycles. The zero-order chi connectivity index (χ0) is 20.5. The summed E-state index contributed by atoms with van der Waals surface area (Å²) in [7, 11) is 0. The first kappa shape index (κ1) is 19.7. The fraction of sp³-hybridized carbons (Fsp3) is 0.591. The van der Waals surface area contributed by atoms with Gasteiger partial charge in [0, 0.05) is 11.6 Å². The number of piperazine rings is 1. The van der Waals surface area contributed by atoms with Gasteiger partial charge in [0.05, 0.1) is 12.1 Å². The molecule has 1 aliphatic carbocycles. The first-order valence-electron chi connectivity index (χ1n) is 10.8. The van der Waals surface area contributed by atoms with E-state index in [0.29, 0.717) is 0 Å². The number of carbonyl (C=O) groups excluding carboxylic acids is 2. The van der Waals surface area contributed by atoms with Gasteiger partial charge in [-0.05, 0) is 37.0 Å². The van der Waals surface area contributed by atoms with Crippen molar-refractivity contribution < 1.29 is 9.59 Å². The molecule has 0 radical (unpaired) electrons. The van der Waals surface area contributed by atoms with E-state index in [9.17, 15) is 9.59 Å². The van der Waals surface area contributed by atoms with Gasteiger partial charge in [0.25, 0.3) is 5.91 Å². The van der Waals surface area contributed by atoms with Crippen molar-refractivity contribution >= 4 is 23.3 Å². The summed E-state index contributed by atoms with van der Waals surface area (Å²) in [4.78, 5) is 30.0. The summed E-state index contributed by atoms with van der Waals surface area (Å²) in [5, 5.41) is 7.41. The van der Waals surface area contributed by atoms with Crippen molar-refractivity contribution in [1.82, 2.24) is 15.2 Å². The van der Waals surface area contributed by atoms with Crippen molar-refractivity contribution in [3.63, 3.8) is 0 Å². The third kappa shape index (κ3) is 3.70. The number of anilines is 1. The van der Waals surface area contributed by atoms with Crippen LogP contribution in [0.5, 0.6) is 0 Å². The van der Waals surface area contributed by atoms with E-state index >= 15 is 0 Å². The van der Waals surface area contributed by atoms with E-state index in [1.807, 2.05) is 24.3 Å². The molecule has 3 aliphatic rings. The van der Waals surface area contributed by atoms with Crippen molar-refractivity contribution in [2.45, 2.75) is 71.1 Å². The average Bonchev–Trinajstić information content (AvgIpc) is 3.17. The maximum atomic E-state index is 13.3. The molecule has 1 saturated heterocycles. The van der Waals surface area contributed by atoms with Gasteiger partial charge in [-0.2, -0.15) is 5.10 Å². The molecule has 2 N–H and O–H groups in total. The van der Waals surface area contributed by atoms with Gasteiger partial charge >= 0.3 is 0 Å². The van der Waals surface area contributed by atoms with Crippen LogP contribution in [0.1, 0.15) is 52.0 Å². The average molecular weight is 398 g/mol. The van der Waals surface area contributed by atoms with E-state index < -0.39 is 6.17 Å². The molecule has 29 heavy (non-hydrogen) atoms. The summed E-state index contributed by atoms with van der Waals surface area (Å²) in [6.45, 7) is 6.40. The number of rotatable bonds is 5. The van der Waals surface area contributed by atoms with Gasteiger partial charge in [-0.25, -0.2) is 0 Å². The molecular formula is C22H31N5O2. The van der Waals surface area contributed by atoms with Crippen LogP contribution in [0.3, 0.4) is 0 Å². The minimum Gasteiger partial charge on any atom is -0.325 e. The minimum absolute atomic E-state index is 0.0518. The third-order valence-electron chi connectivity index (χ3n) is 6.29. The van der Waals surface area contributed by atoms with Gasteiger partial charge in [-0.15, -0.1) is 0 Å². The fourth-order valence-corrected chi connectivity index (χ4v) is 4.82. The first-order chi connectivity index (χ1) is 14.0. The molecular weight excluding hydrogens is 366 g/mol. The number of benzene rings is 1. The smallest absolute Gasteiger partial charge is 0.268 e. The lowest BCUT2D eigenvalue weighted by Crippen LogP contribution is -2.70. The molecule has 3 atom stereocenters. The minimum atomic E-state index is -0.483. The van der Waals surface area contributed by atoms with Crippen molar-refractivity contribution in [2.75, 3.05) is 11.9 Å². The zero-order valence-electron chi connectivity index (χ0n) is 17.5. The lowest BCUT2D eigenvalue weighted by atomic mass is 9.85. The number of hydrazone groups is 1. The van der Waals surface area contributed by atoms with E-state index in [1.54, 1.807) is 4.90 Å². The van der Waals surface area contributed by atoms with Crippen LogP contribution in [0, 0.1) is 5.92 Å². The second kappa shape index (κ2) is 8.05. The highest BCUT2D eigenvalue weighted by Crippen LogP contribution is 2.35. The molecule has 3 unspecified atom stereocenters. The van der Waals surface area contributed by atoms with Gasteiger partial charge in [0.15, 0.2) is 6.17 Å². The van der Waals surface area contributed by atoms with Gasteiger partial charge < -0.3 is 15.1 Å². The van der Waals surface area contributed by atoms with Gasteiger partial charge in [0.2, 0.25) is 5.91 Å². The summed E-state index contributed by atoms with van der Waals surface area (Å²) in [5.41, 5.74) is 5.03. The molecule has 0 bridgehead atoms. The van der Waals surface area contributed by atoms with Crippen LogP contribution in [0.15, 0.2) is 29.4 Å². The quantitative estimate of drug-likeness (QED) is 0.801. The molecule has 4 rings (SSSR count). The second-order valence-electron chi connectivity index (χ2n) is 8.55. The highest BCUT2D eigenvalue weighted by Gasteiger charge is 2.51. The Morgan fingerprint density at radius 3 is 2.55 bits per heavy atom. The van der Waals surface area contributed by atoms with Crippen molar-refractivity contribution in [3.05, 3.63) is 29.8 Å². The molecule has 7 heteroatoms. The summed E-state index contributed by atoms with van der Waals surface area (Å²) in [6.07, 6.45) is 4.68. The summed E-state index contributed by atoms with van der Waals surface area (Å²) >= 11 is 0. The highest BCUT2D eigenvalue weighted by atomic mass is 16.2. The number of nitrogens with zero attached hydrogens (tertiary/aromatic N) is 3. The van der Waals surface area contributed by atoms with E-state index in [-0.39, 0.29) is 36.4 Å². The number of fused-ring (bicyclic) bond motifs is 3. The van der Waals surface area contributed by atoms with Crippen molar-refractivity contribution in [2.24, 2.45) is 11.0 Å². The lowest BCUT2D eigenvalue weighted by molar-refractivity contribution is -0.151. The van der Waals surface area contributed by atoms with Crippen LogP contribution >= 0.6 is 0 Å². The van der Waals surface area contributed by atoms with Crippen molar-refractivity contribution in [1.29, 1.82) is 0 Å². The van der Waals surface area contributed by atoms with Crippen LogP contribution in [-0.2, 0) is 16.0 Å². The number of carbonyl (C=O) groups is 2. The fourth-order valence-electron chi connectivity index (χ4n) is 4.82. The van der Waals surface area contributed by atoms with Crippen LogP contribution in [0.2, 0.25) is 0 Å². The predicted molar refractivity (Wildman–Crippen MR) is 113 cm³/mol. The molecule has 2 fully saturated rings. The highest BCUT2D eigenvalue weighted by molar-refractivity contribution is 5.98. The maximum Gasteiger partial charge on any atom is 0.268 e. The molecule has 2 amide bonds. The Morgan fingerprint density at radius 1 is 1.21 bits per heavy atom. The van der Waals surface area contributed by atoms with Crippen LogP contribution in [0.4, 0.5) is 5.69 Å². The Kier molecular flexibility index (Phi) is 5.48. The standard InChI is InChI=1S/C22H31N5O2/c1-4-15-9-11-16(12-10-15)23-19(28)13-26-17-7-5-6-8-18(17)27-20(14(2)3)24-25-21(27)22(26)29/h9-12,14,17-18,21,25H,4-8,13H2,1-3H3,(H,23,28). The van der Waals surface area contributed by atoms with E-state index in [0.717, 1.165) is 43.6 Å². The topological polar surface area (TPSA) is 77.0 Å². The molecule has 1 aromatic rings. The SMILES string of the molecule is CCc1ccc(NC(=O)CN2C(=O)C3NN=C(C(C)C)N3C3CCCCC32)cc1. The largest absolute Gasteiger partial charge is 0.325 e. The number of nitrogens with one attached hydrogen (secondary N) is 2. The lowest BCUT2D eigenvalue weighted by Gasteiger charge is -2.51. The first-order valence-corrected chi connectivity index (χ1v) is 10.8. The summed E-state index contributed by atoms with van der Waals surface area (Å²) in [6, 6.07) is 8.15. The zero-order valence-corrected chi connectivity index (χ0v) is 17.5. The number of amides is 2. The molecule has 156 valence electrons. The molecule has 2 aliphatic heterocycles. The molecule has 0 spiro atoms. The number of amidine groups is 1. The molecule has 1 aromatic carbocycles. The second-order valence-corrected chi connectivity index (χ2v) is 8.55. The molecule has 2 heterocycles. The van der Waals surface area contributed by atoms with Crippen molar-refractivity contribution in [3.8, 4) is 0 Å². The van der Waals surface area contributed by atoms with Crippen LogP contribution in [0.25, 0.3) is 0 Å². The van der Waals surface area contributed by atoms with Gasteiger partial charge in [-0.3, -0.25) is 15.0 Å². The van der Waals surface area contributed by atoms with Crippen LogP contribution < -0.4 is 10.7 Å². The van der Waals surface area contributed by atoms with Crippen LogP contribution in [-0.4, -0.2) is 52.2 Å². The Morgan fingerprint density at radius 2 is 1.90 bits per heavy atom. The van der Waals surface area contributed by atoms with E-state index in [1.165, 1.54) is 5.56 Å². The molecule has 1 saturated carbocycles. The van der Waals surface area contributed by atoms with Gasteiger partial charge in [-0.1, -0.05) is 45.7 Å². The third-order valence-corrected chi connectivity index (χ3v) is 6.29. The Labute approximate surface area is 172 Å².